The van der Waals surface area contributed by atoms with Crippen molar-refractivity contribution in [3.8, 4) is 28.5 Å². The Kier molecular flexibility index (Phi) is 4.82. The number of hydrogen-bond donors (Lipinski definition) is 1. The summed E-state index contributed by atoms with van der Waals surface area (Å²) in [5.74, 6) is 1.53. The maximum absolute atomic E-state index is 10.8. The average Bonchev–Trinajstić information content (AvgIpc) is 3.10. The predicted molar refractivity (Wildman–Crippen MR) is 90.5 cm³/mol. The fraction of sp³-hybridized carbons (Fsp3) is 0.176. The lowest BCUT2D eigenvalue weighted by Crippen LogP contribution is -2.36. The largest absolute Gasteiger partial charge is 0.497 e. The molecule has 130 valence electrons. The van der Waals surface area contributed by atoms with Gasteiger partial charge in [-0.15, -0.1) is 0 Å². The fourth-order valence-corrected chi connectivity index (χ4v) is 2.71. The molecular weight excluding hydrogens is 344 g/mol. The number of aromatic nitrogens is 2. The molecule has 0 spiro atoms. The van der Waals surface area contributed by atoms with Gasteiger partial charge in [0.15, 0.2) is 24.7 Å². The summed E-state index contributed by atoms with van der Waals surface area (Å²) >= 11 is 0. The van der Waals surface area contributed by atoms with Gasteiger partial charge in [-0.3, -0.25) is 4.55 Å². The van der Waals surface area contributed by atoms with Crippen LogP contribution in [0.3, 0.4) is 0 Å². The minimum absolute atomic E-state index is 0.168. The van der Waals surface area contributed by atoms with Crippen LogP contribution < -0.4 is 9.30 Å². The number of methoxy groups -OCH3 is 1. The minimum Gasteiger partial charge on any atom is -0.497 e. The van der Waals surface area contributed by atoms with Crippen LogP contribution in [0.1, 0.15) is 0 Å². The summed E-state index contributed by atoms with van der Waals surface area (Å²) in [4.78, 5) is 4.28. The highest BCUT2D eigenvalue weighted by Gasteiger charge is 2.12. The molecule has 0 saturated heterocycles. The summed E-state index contributed by atoms with van der Waals surface area (Å²) in [7, 11) is -2.37. The van der Waals surface area contributed by atoms with Crippen LogP contribution in [0.4, 0.5) is 0 Å². The third-order valence-electron chi connectivity index (χ3n) is 3.63. The van der Waals surface area contributed by atoms with Crippen LogP contribution in [-0.2, 0) is 16.7 Å². The van der Waals surface area contributed by atoms with Crippen molar-refractivity contribution in [3.63, 3.8) is 0 Å². The van der Waals surface area contributed by atoms with Gasteiger partial charge in [0.2, 0.25) is 5.89 Å². The molecule has 0 aliphatic carbocycles. The Labute approximate surface area is 145 Å². The molecular formula is C17H17N2O5S+. The summed E-state index contributed by atoms with van der Waals surface area (Å²) < 4.78 is 42.9. The van der Waals surface area contributed by atoms with E-state index < -0.39 is 10.1 Å². The van der Waals surface area contributed by atoms with Gasteiger partial charge in [0.25, 0.3) is 10.1 Å². The molecule has 3 aromatic rings. The van der Waals surface area contributed by atoms with Crippen molar-refractivity contribution in [1.82, 2.24) is 4.98 Å². The molecule has 0 fully saturated rings. The fourth-order valence-electron chi connectivity index (χ4n) is 2.27. The van der Waals surface area contributed by atoms with Gasteiger partial charge >= 0.3 is 0 Å². The van der Waals surface area contributed by atoms with E-state index >= 15 is 0 Å². The first-order chi connectivity index (χ1) is 11.9. The molecule has 0 saturated carbocycles. The molecule has 0 amide bonds. The lowest BCUT2D eigenvalue weighted by atomic mass is 10.2. The highest BCUT2D eigenvalue weighted by Crippen LogP contribution is 2.26. The Hall–Kier alpha value is -2.71. The molecule has 7 nitrogen and oxygen atoms in total. The molecule has 0 unspecified atom stereocenters. The predicted octanol–water partition coefficient (Wildman–Crippen LogP) is 2.19. The van der Waals surface area contributed by atoms with E-state index in [2.05, 4.69) is 4.98 Å². The van der Waals surface area contributed by atoms with E-state index in [9.17, 15) is 8.42 Å². The Bertz CT molecular complexity index is 947. The number of oxazole rings is 1. The molecule has 25 heavy (non-hydrogen) atoms. The standard InChI is InChI=1S/C17H16N2O5S/c1-23-15-4-2-13(3-5-15)16-12-18-17(24-16)14-6-8-19(9-7-14)10-11-25(20,21)22/h2-9,12H,10-11H2,1H3/p+1. The molecule has 8 heteroatoms. The van der Waals surface area contributed by atoms with E-state index in [1.807, 2.05) is 24.3 Å². The van der Waals surface area contributed by atoms with Crippen LogP contribution in [0.25, 0.3) is 22.8 Å². The third kappa shape index (κ3) is 4.43. The minimum atomic E-state index is -3.98. The van der Waals surface area contributed by atoms with Gasteiger partial charge in [0.05, 0.1) is 13.3 Å². The van der Waals surface area contributed by atoms with Gasteiger partial charge in [0, 0.05) is 23.3 Å². The summed E-state index contributed by atoms with van der Waals surface area (Å²) in [5.41, 5.74) is 1.65. The third-order valence-corrected chi connectivity index (χ3v) is 4.32. The molecule has 0 radical (unpaired) electrons. The maximum atomic E-state index is 10.8. The smallest absolute Gasteiger partial charge is 0.271 e. The second kappa shape index (κ2) is 7.04. The van der Waals surface area contributed by atoms with Crippen LogP contribution in [0, 0.1) is 0 Å². The Morgan fingerprint density at radius 2 is 1.80 bits per heavy atom. The van der Waals surface area contributed by atoms with E-state index in [1.54, 1.807) is 42.4 Å². The van der Waals surface area contributed by atoms with Crippen LogP contribution >= 0.6 is 0 Å². The second-order valence-corrected chi connectivity index (χ2v) is 6.94. The van der Waals surface area contributed by atoms with Gasteiger partial charge in [0.1, 0.15) is 11.5 Å². The molecule has 3 rings (SSSR count). The van der Waals surface area contributed by atoms with Crippen molar-refractivity contribution in [2.75, 3.05) is 12.9 Å². The summed E-state index contributed by atoms with van der Waals surface area (Å²) in [6.45, 7) is 0.168. The van der Waals surface area contributed by atoms with Crippen molar-refractivity contribution in [1.29, 1.82) is 0 Å². The van der Waals surface area contributed by atoms with Crippen molar-refractivity contribution < 1.29 is 26.7 Å². The van der Waals surface area contributed by atoms with Crippen LogP contribution in [-0.4, -0.2) is 30.8 Å². The first-order valence-electron chi connectivity index (χ1n) is 7.49. The summed E-state index contributed by atoms with van der Waals surface area (Å²) in [5, 5.41) is 0. The molecule has 0 aliphatic heterocycles. The molecule has 0 bridgehead atoms. The van der Waals surface area contributed by atoms with E-state index in [-0.39, 0.29) is 12.3 Å². The summed E-state index contributed by atoms with van der Waals surface area (Å²) in [6, 6.07) is 11.0. The second-order valence-electron chi connectivity index (χ2n) is 5.37. The summed E-state index contributed by atoms with van der Waals surface area (Å²) in [6.07, 6.45) is 5.06. The van der Waals surface area contributed by atoms with Crippen molar-refractivity contribution >= 4 is 10.1 Å². The van der Waals surface area contributed by atoms with Crippen LogP contribution in [0.5, 0.6) is 5.75 Å². The number of nitrogens with zero attached hydrogens (tertiary/aromatic N) is 2. The molecule has 2 heterocycles. The zero-order valence-corrected chi connectivity index (χ0v) is 14.3. The van der Waals surface area contributed by atoms with Crippen LogP contribution in [0.2, 0.25) is 0 Å². The maximum Gasteiger partial charge on any atom is 0.271 e. The number of pyridine rings is 1. The quantitative estimate of drug-likeness (QED) is 0.534. The van der Waals surface area contributed by atoms with Crippen molar-refractivity contribution in [2.24, 2.45) is 0 Å². The van der Waals surface area contributed by atoms with E-state index in [4.69, 9.17) is 13.7 Å². The lowest BCUT2D eigenvalue weighted by Gasteiger charge is -2.00. The number of aryl methyl sites for hydroxylation is 1. The molecule has 0 atom stereocenters. The van der Waals surface area contributed by atoms with Gasteiger partial charge in [-0.1, -0.05) is 0 Å². The Morgan fingerprint density at radius 3 is 2.40 bits per heavy atom. The van der Waals surface area contributed by atoms with E-state index in [0.717, 1.165) is 16.9 Å². The molecule has 1 N–H and O–H groups in total. The highest BCUT2D eigenvalue weighted by atomic mass is 32.2. The number of hydrogen-bond acceptors (Lipinski definition) is 5. The average molecular weight is 361 g/mol. The monoisotopic (exact) mass is 361 g/mol. The van der Waals surface area contributed by atoms with Gasteiger partial charge in [-0.25, -0.2) is 9.55 Å². The zero-order valence-electron chi connectivity index (χ0n) is 13.5. The van der Waals surface area contributed by atoms with Gasteiger partial charge in [-0.2, -0.15) is 8.42 Å². The first kappa shape index (κ1) is 17.1. The van der Waals surface area contributed by atoms with Crippen LogP contribution in [0.15, 0.2) is 59.4 Å². The topological polar surface area (TPSA) is 93.5 Å². The number of benzene rings is 1. The first-order valence-corrected chi connectivity index (χ1v) is 9.10. The molecule has 0 aliphatic rings. The van der Waals surface area contributed by atoms with Crippen molar-refractivity contribution in [3.05, 3.63) is 55.0 Å². The highest BCUT2D eigenvalue weighted by molar-refractivity contribution is 7.85. The number of rotatable bonds is 6. The SMILES string of the molecule is COc1ccc(-c2cnc(-c3cc[n+](CCS(=O)(=O)O)cc3)o2)cc1. The van der Waals surface area contributed by atoms with Gasteiger partial charge < -0.3 is 9.15 Å². The molecule has 1 aromatic carbocycles. The molecule has 2 aromatic heterocycles. The number of ether oxygens (including phenoxy) is 1. The Balaban J connectivity index is 1.75. The van der Waals surface area contributed by atoms with E-state index in [0.29, 0.717) is 11.7 Å². The normalized spacial score (nSPS) is 11.4. The zero-order chi connectivity index (χ0) is 17.9. The van der Waals surface area contributed by atoms with Crippen molar-refractivity contribution in [2.45, 2.75) is 6.54 Å². The lowest BCUT2D eigenvalue weighted by molar-refractivity contribution is -0.692. The van der Waals surface area contributed by atoms with E-state index in [1.165, 1.54) is 0 Å². The Morgan fingerprint density at radius 1 is 1.12 bits per heavy atom. The van der Waals surface area contributed by atoms with Gasteiger partial charge in [-0.05, 0) is 24.3 Å².